The van der Waals surface area contributed by atoms with Crippen LogP contribution in [-0.4, -0.2) is 33.1 Å². The Balaban J connectivity index is 2.60. The molecule has 1 aromatic carbocycles. The van der Waals surface area contributed by atoms with Crippen LogP contribution in [0.5, 0.6) is 5.75 Å². The summed E-state index contributed by atoms with van der Waals surface area (Å²) in [6.07, 6.45) is 0. The summed E-state index contributed by atoms with van der Waals surface area (Å²) in [5.41, 5.74) is 0.842. The molecule has 0 saturated heterocycles. The van der Waals surface area contributed by atoms with E-state index < -0.39 is 9.84 Å². The second-order valence-electron chi connectivity index (χ2n) is 4.19. The first-order valence-corrected chi connectivity index (χ1v) is 8.16. The van der Waals surface area contributed by atoms with Crippen LogP contribution >= 0.6 is 15.9 Å². The highest BCUT2D eigenvalue weighted by Crippen LogP contribution is 2.27. The molecule has 0 unspecified atom stereocenters. The molecule has 102 valence electrons. The van der Waals surface area contributed by atoms with Crippen LogP contribution < -0.4 is 10.1 Å². The number of halogens is 1. The summed E-state index contributed by atoms with van der Waals surface area (Å²) in [7, 11) is -1.40. The van der Waals surface area contributed by atoms with Crippen LogP contribution in [0, 0.1) is 0 Å². The number of rotatable bonds is 6. The van der Waals surface area contributed by atoms with Gasteiger partial charge in [0.15, 0.2) is 9.84 Å². The van der Waals surface area contributed by atoms with Gasteiger partial charge in [-0.15, -0.1) is 0 Å². The van der Waals surface area contributed by atoms with Crippen LogP contribution in [0.25, 0.3) is 0 Å². The maximum atomic E-state index is 11.6. The average molecular weight is 336 g/mol. The zero-order chi connectivity index (χ0) is 13.8. The Bertz CT molecular complexity index is 500. The fourth-order valence-corrected chi connectivity index (χ4v) is 2.61. The summed E-state index contributed by atoms with van der Waals surface area (Å²) in [5.74, 6) is 0.843. The minimum atomic E-state index is -3.00. The third-order valence-electron chi connectivity index (χ3n) is 2.59. The number of hydrogen-bond donors (Lipinski definition) is 1. The molecule has 0 atom stereocenters. The third-order valence-corrected chi connectivity index (χ3v) is 5.45. The Kier molecular flexibility index (Phi) is 5.47. The van der Waals surface area contributed by atoms with Crippen molar-refractivity contribution in [1.82, 2.24) is 0 Å². The molecule has 1 aromatic rings. The van der Waals surface area contributed by atoms with Crippen molar-refractivity contribution in [3.8, 4) is 5.75 Å². The maximum Gasteiger partial charge on any atom is 0.154 e. The normalized spacial score (nSPS) is 11.6. The van der Waals surface area contributed by atoms with Crippen molar-refractivity contribution in [2.45, 2.75) is 19.1 Å². The standard InChI is InChI=1S/C12H18BrNO3S/c1-9(2)18(15,16)7-6-14-10-4-5-11(13)12(8-10)17-3/h4-5,8-9,14H,6-7H2,1-3H3. The van der Waals surface area contributed by atoms with E-state index in [2.05, 4.69) is 21.2 Å². The quantitative estimate of drug-likeness (QED) is 0.868. The van der Waals surface area contributed by atoms with Crippen LogP contribution in [0.4, 0.5) is 5.69 Å². The van der Waals surface area contributed by atoms with E-state index in [0.29, 0.717) is 12.3 Å². The first-order valence-electron chi connectivity index (χ1n) is 5.66. The van der Waals surface area contributed by atoms with E-state index in [-0.39, 0.29) is 11.0 Å². The monoisotopic (exact) mass is 335 g/mol. The van der Waals surface area contributed by atoms with Crippen LogP contribution in [0.3, 0.4) is 0 Å². The summed E-state index contributed by atoms with van der Waals surface area (Å²) in [5, 5.41) is 2.74. The molecule has 0 spiro atoms. The van der Waals surface area contributed by atoms with E-state index >= 15 is 0 Å². The highest BCUT2D eigenvalue weighted by molar-refractivity contribution is 9.10. The minimum Gasteiger partial charge on any atom is -0.495 e. The van der Waals surface area contributed by atoms with Crippen molar-refractivity contribution in [3.05, 3.63) is 22.7 Å². The van der Waals surface area contributed by atoms with Gasteiger partial charge in [0.25, 0.3) is 0 Å². The molecule has 0 aromatic heterocycles. The lowest BCUT2D eigenvalue weighted by Crippen LogP contribution is -2.22. The number of hydrogen-bond acceptors (Lipinski definition) is 4. The number of methoxy groups -OCH3 is 1. The molecule has 0 amide bonds. The van der Waals surface area contributed by atoms with E-state index in [4.69, 9.17) is 4.74 Å². The van der Waals surface area contributed by atoms with Crippen molar-refractivity contribution >= 4 is 31.5 Å². The summed E-state index contributed by atoms with van der Waals surface area (Å²) >= 11 is 3.36. The van der Waals surface area contributed by atoms with Crippen molar-refractivity contribution < 1.29 is 13.2 Å². The number of benzene rings is 1. The van der Waals surface area contributed by atoms with Crippen molar-refractivity contribution in [1.29, 1.82) is 0 Å². The van der Waals surface area contributed by atoms with Crippen LogP contribution in [0.15, 0.2) is 22.7 Å². The Morgan fingerprint density at radius 2 is 2.06 bits per heavy atom. The molecule has 0 heterocycles. The Morgan fingerprint density at radius 3 is 2.61 bits per heavy atom. The molecule has 1 rings (SSSR count). The maximum absolute atomic E-state index is 11.6. The predicted molar refractivity (Wildman–Crippen MR) is 78.1 cm³/mol. The second-order valence-corrected chi connectivity index (χ2v) is 7.72. The van der Waals surface area contributed by atoms with Gasteiger partial charge in [-0.1, -0.05) is 0 Å². The van der Waals surface area contributed by atoms with Gasteiger partial charge in [0.05, 0.1) is 22.6 Å². The van der Waals surface area contributed by atoms with Gasteiger partial charge >= 0.3 is 0 Å². The number of sulfone groups is 1. The highest BCUT2D eigenvalue weighted by Gasteiger charge is 2.15. The van der Waals surface area contributed by atoms with Crippen LogP contribution in [0.1, 0.15) is 13.8 Å². The molecule has 6 heteroatoms. The summed E-state index contributed by atoms with van der Waals surface area (Å²) in [4.78, 5) is 0. The van der Waals surface area contributed by atoms with Gasteiger partial charge in [-0.2, -0.15) is 0 Å². The van der Waals surface area contributed by atoms with Gasteiger partial charge in [-0.3, -0.25) is 0 Å². The lowest BCUT2D eigenvalue weighted by atomic mass is 10.3. The molecule has 0 saturated carbocycles. The van der Waals surface area contributed by atoms with Gasteiger partial charge in [0.1, 0.15) is 5.75 Å². The molecule has 1 N–H and O–H groups in total. The molecular weight excluding hydrogens is 318 g/mol. The van der Waals surface area contributed by atoms with E-state index in [0.717, 1.165) is 10.2 Å². The smallest absolute Gasteiger partial charge is 0.154 e. The third kappa shape index (κ3) is 4.17. The average Bonchev–Trinajstić information content (AvgIpc) is 2.31. The largest absolute Gasteiger partial charge is 0.495 e. The topological polar surface area (TPSA) is 55.4 Å². The molecule has 0 aliphatic rings. The van der Waals surface area contributed by atoms with Crippen LogP contribution in [-0.2, 0) is 9.84 Å². The minimum absolute atomic E-state index is 0.128. The van der Waals surface area contributed by atoms with Crippen molar-refractivity contribution in [2.75, 3.05) is 24.7 Å². The lowest BCUT2D eigenvalue weighted by molar-refractivity contribution is 0.412. The van der Waals surface area contributed by atoms with E-state index in [9.17, 15) is 8.42 Å². The van der Waals surface area contributed by atoms with Gasteiger partial charge in [-0.05, 0) is 41.9 Å². The molecule has 0 aliphatic carbocycles. The first kappa shape index (κ1) is 15.3. The fraction of sp³-hybridized carbons (Fsp3) is 0.500. The molecular formula is C12H18BrNO3S. The Morgan fingerprint density at radius 1 is 1.39 bits per heavy atom. The molecule has 4 nitrogen and oxygen atoms in total. The van der Waals surface area contributed by atoms with Crippen LogP contribution in [0.2, 0.25) is 0 Å². The molecule has 0 bridgehead atoms. The summed E-state index contributed by atoms with van der Waals surface area (Å²) < 4.78 is 29.3. The van der Waals surface area contributed by atoms with Crippen molar-refractivity contribution in [2.24, 2.45) is 0 Å². The summed E-state index contributed by atoms with van der Waals surface area (Å²) in [6, 6.07) is 5.55. The van der Waals surface area contributed by atoms with Gasteiger partial charge in [0, 0.05) is 18.3 Å². The van der Waals surface area contributed by atoms with E-state index in [1.807, 2.05) is 18.2 Å². The number of anilines is 1. The van der Waals surface area contributed by atoms with Crippen molar-refractivity contribution in [3.63, 3.8) is 0 Å². The Hall–Kier alpha value is -0.750. The number of nitrogens with one attached hydrogen (secondary N) is 1. The molecule has 18 heavy (non-hydrogen) atoms. The van der Waals surface area contributed by atoms with E-state index in [1.54, 1.807) is 21.0 Å². The zero-order valence-corrected chi connectivity index (χ0v) is 13.1. The predicted octanol–water partition coefficient (Wildman–Crippen LogP) is 2.69. The SMILES string of the molecule is COc1cc(NCCS(=O)(=O)C(C)C)ccc1Br. The number of ether oxygens (including phenoxy) is 1. The first-order chi connectivity index (χ1) is 8.36. The fourth-order valence-electron chi connectivity index (χ4n) is 1.34. The zero-order valence-electron chi connectivity index (χ0n) is 10.7. The molecule has 0 aliphatic heterocycles. The van der Waals surface area contributed by atoms with Gasteiger partial charge in [0.2, 0.25) is 0 Å². The lowest BCUT2D eigenvalue weighted by Gasteiger charge is -2.11. The second kappa shape index (κ2) is 6.43. The molecule has 0 fully saturated rings. The summed E-state index contributed by atoms with van der Waals surface area (Å²) in [6.45, 7) is 3.78. The van der Waals surface area contributed by atoms with Gasteiger partial charge < -0.3 is 10.1 Å². The van der Waals surface area contributed by atoms with Gasteiger partial charge in [-0.25, -0.2) is 8.42 Å². The molecule has 0 radical (unpaired) electrons. The van der Waals surface area contributed by atoms with E-state index in [1.165, 1.54) is 0 Å². The Labute approximate surface area is 117 Å². The highest BCUT2D eigenvalue weighted by atomic mass is 79.9.